The highest BCUT2D eigenvalue weighted by molar-refractivity contribution is 8.11. The van der Waals surface area contributed by atoms with E-state index in [1.165, 1.54) is 23.9 Å². The molecule has 0 aliphatic heterocycles. The van der Waals surface area contributed by atoms with Crippen LogP contribution in [0, 0.1) is 12.8 Å². The van der Waals surface area contributed by atoms with Gasteiger partial charge in [0.1, 0.15) is 17.6 Å². The van der Waals surface area contributed by atoms with Crippen LogP contribution in [0.4, 0.5) is 13.2 Å². The van der Waals surface area contributed by atoms with Crippen LogP contribution in [0.15, 0.2) is 59.5 Å². The van der Waals surface area contributed by atoms with Gasteiger partial charge >= 0.3 is 12.1 Å². The molecule has 0 radical (unpaired) electrons. The van der Waals surface area contributed by atoms with Crippen molar-refractivity contribution in [3.63, 3.8) is 0 Å². The predicted molar refractivity (Wildman–Crippen MR) is 148 cm³/mol. The number of aryl methyl sites for hydroxylation is 1. The zero-order valence-corrected chi connectivity index (χ0v) is 24.1. The zero-order chi connectivity index (χ0) is 28.8. The molecule has 0 saturated carbocycles. The van der Waals surface area contributed by atoms with Gasteiger partial charge in [-0.05, 0) is 88.9 Å². The quantitative estimate of drug-likeness (QED) is 0.262. The molecular weight excluding hydrogens is 513 g/mol. The van der Waals surface area contributed by atoms with Gasteiger partial charge < -0.3 is 14.2 Å². The van der Waals surface area contributed by atoms with E-state index in [0.717, 1.165) is 28.2 Å². The smallest absolute Gasteiger partial charge is 0.416 e. The van der Waals surface area contributed by atoms with Crippen LogP contribution in [0.25, 0.3) is 4.91 Å². The molecule has 0 N–H and O–H groups in total. The minimum Gasteiger partial charge on any atom is -0.485 e. The zero-order valence-electron chi connectivity index (χ0n) is 23.3. The fraction of sp³-hybridized carbons (Fsp3) is 0.433. The highest BCUT2D eigenvalue weighted by atomic mass is 32.2. The number of alkyl halides is 3. The number of benzene rings is 2. The van der Waals surface area contributed by atoms with Gasteiger partial charge in [0, 0.05) is 9.81 Å². The topological polar surface area (TPSA) is 44.8 Å². The van der Waals surface area contributed by atoms with Crippen LogP contribution in [-0.4, -0.2) is 24.3 Å². The Balaban J connectivity index is 2.25. The molecule has 0 saturated heterocycles. The molecule has 2 aromatic carbocycles. The molecule has 8 heteroatoms. The van der Waals surface area contributed by atoms with Crippen molar-refractivity contribution in [3.8, 4) is 11.5 Å². The molecule has 208 valence electrons. The first-order chi connectivity index (χ1) is 17.6. The molecule has 0 bridgehead atoms. The summed E-state index contributed by atoms with van der Waals surface area (Å²) in [5.41, 5.74) is 0.593. The van der Waals surface area contributed by atoms with Gasteiger partial charge in [0.2, 0.25) is 0 Å². The van der Waals surface area contributed by atoms with E-state index in [-0.39, 0.29) is 18.6 Å². The number of hydrogen-bond donors (Lipinski definition) is 0. The monoisotopic (exact) mass is 550 g/mol. The minimum absolute atomic E-state index is 0.0896. The SMILES string of the molecule is C=C(SC(=C(C)C)C(Oc1ccc(OC(C)(C)C(=O)OCC)c(C)c1)C(C)C)c1ccc(C(F)(F)F)cc1. The van der Waals surface area contributed by atoms with Gasteiger partial charge in [-0.1, -0.05) is 49.9 Å². The number of rotatable bonds is 11. The molecule has 0 aliphatic rings. The van der Waals surface area contributed by atoms with Crippen molar-refractivity contribution in [1.82, 2.24) is 0 Å². The van der Waals surface area contributed by atoms with Crippen LogP contribution in [0.1, 0.15) is 65.2 Å². The fourth-order valence-electron chi connectivity index (χ4n) is 3.55. The molecule has 1 unspecified atom stereocenters. The van der Waals surface area contributed by atoms with Gasteiger partial charge in [-0.3, -0.25) is 0 Å². The summed E-state index contributed by atoms with van der Waals surface area (Å²) in [5.74, 6) is 0.816. The third-order valence-electron chi connectivity index (χ3n) is 5.67. The van der Waals surface area contributed by atoms with Crippen molar-refractivity contribution in [2.45, 2.75) is 73.3 Å². The number of carbonyl (C=O) groups excluding carboxylic acids is 1. The summed E-state index contributed by atoms with van der Waals surface area (Å²) < 4.78 is 56.4. The summed E-state index contributed by atoms with van der Waals surface area (Å²) in [5, 5.41) is 0. The van der Waals surface area contributed by atoms with E-state index in [4.69, 9.17) is 14.2 Å². The second-order valence-electron chi connectivity index (χ2n) is 10.0. The van der Waals surface area contributed by atoms with E-state index < -0.39 is 23.3 Å². The lowest BCUT2D eigenvalue weighted by atomic mass is 10.0. The largest absolute Gasteiger partial charge is 0.485 e. The van der Waals surface area contributed by atoms with Crippen molar-refractivity contribution >= 4 is 22.6 Å². The molecule has 0 fully saturated rings. The minimum atomic E-state index is -4.39. The Bertz CT molecular complexity index is 1160. The number of carbonyl (C=O) groups is 1. The highest BCUT2D eigenvalue weighted by Crippen LogP contribution is 2.40. The molecule has 1 atom stereocenters. The van der Waals surface area contributed by atoms with Gasteiger partial charge in [-0.15, -0.1) is 0 Å². The van der Waals surface area contributed by atoms with Crippen LogP contribution in [-0.2, 0) is 15.7 Å². The first-order valence-corrected chi connectivity index (χ1v) is 13.2. The Kier molecular flexibility index (Phi) is 10.5. The summed E-state index contributed by atoms with van der Waals surface area (Å²) in [4.78, 5) is 13.8. The van der Waals surface area contributed by atoms with Crippen LogP contribution in [0.2, 0.25) is 0 Å². The van der Waals surface area contributed by atoms with Crippen LogP contribution >= 0.6 is 11.8 Å². The molecule has 2 aromatic rings. The Hall–Kier alpha value is -2.87. The maximum atomic E-state index is 13.0. The van der Waals surface area contributed by atoms with Crippen molar-refractivity contribution < 1.29 is 32.2 Å². The Morgan fingerprint density at radius 1 is 1.05 bits per heavy atom. The van der Waals surface area contributed by atoms with Gasteiger partial charge in [-0.25, -0.2) is 4.79 Å². The summed E-state index contributed by atoms with van der Waals surface area (Å²) >= 11 is 1.40. The molecule has 0 aromatic heterocycles. The first kappa shape index (κ1) is 31.3. The average Bonchev–Trinajstić information content (AvgIpc) is 2.82. The maximum absolute atomic E-state index is 13.0. The summed E-state index contributed by atoms with van der Waals surface area (Å²) in [6.07, 6.45) is -4.71. The normalized spacial score (nSPS) is 12.6. The number of ether oxygens (including phenoxy) is 3. The van der Waals surface area contributed by atoms with E-state index >= 15 is 0 Å². The highest BCUT2D eigenvalue weighted by Gasteiger charge is 2.32. The van der Waals surface area contributed by atoms with Crippen LogP contribution in [0.3, 0.4) is 0 Å². The lowest BCUT2D eigenvalue weighted by Crippen LogP contribution is -2.39. The molecule has 0 amide bonds. The molecule has 2 rings (SSSR count). The van der Waals surface area contributed by atoms with Gasteiger partial charge in [-0.2, -0.15) is 13.2 Å². The third kappa shape index (κ3) is 8.32. The Morgan fingerprint density at radius 3 is 2.13 bits per heavy atom. The number of hydrogen-bond acceptors (Lipinski definition) is 5. The molecule has 4 nitrogen and oxygen atoms in total. The fourth-order valence-corrected chi connectivity index (χ4v) is 4.71. The molecular formula is C30H37F3O4S. The van der Waals surface area contributed by atoms with E-state index in [9.17, 15) is 18.0 Å². The number of halogens is 3. The second kappa shape index (κ2) is 12.8. The van der Waals surface area contributed by atoms with Crippen LogP contribution < -0.4 is 9.47 Å². The lowest BCUT2D eigenvalue weighted by molar-refractivity contribution is -0.158. The van der Waals surface area contributed by atoms with E-state index in [1.807, 2.05) is 40.7 Å². The molecule has 38 heavy (non-hydrogen) atoms. The second-order valence-corrected chi connectivity index (χ2v) is 11.1. The van der Waals surface area contributed by atoms with Crippen molar-refractivity contribution in [2.75, 3.05) is 6.61 Å². The van der Waals surface area contributed by atoms with Gasteiger partial charge in [0.05, 0.1) is 12.2 Å². The summed E-state index contributed by atoms with van der Waals surface area (Å²) in [7, 11) is 0. The molecule has 0 heterocycles. The molecule has 0 spiro atoms. The number of thioether (sulfide) groups is 1. The first-order valence-electron chi connectivity index (χ1n) is 12.4. The van der Waals surface area contributed by atoms with Crippen molar-refractivity contribution in [2.24, 2.45) is 5.92 Å². The van der Waals surface area contributed by atoms with Crippen molar-refractivity contribution in [3.05, 3.63) is 76.2 Å². The Morgan fingerprint density at radius 2 is 1.66 bits per heavy atom. The van der Waals surface area contributed by atoms with Gasteiger partial charge in [0.15, 0.2) is 5.60 Å². The average molecular weight is 551 g/mol. The standard InChI is InChI=1S/C30H37F3O4S/c1-10-35-28(34)29(8,9)37-25-16-15-24(17-20(25)6)36-26(18(2)3)27(19(4)5)38-21(7)22-11-13-23(14-12-22)30(31,32)33/h11-18,26H,7,10H2,1-6,8-9H3. The van der Waals surface area contributed by atoms with Crippen molar-refractivity contribution in [1.29, 1.82) is 0 Å². The summed E-state index contributed by atoms with van der Waals surface area (Å²) in [6.45, 7) is 19.3. The lowest BCUT2D eigenvalue weighted by Gasteiger charge is -2.28. The third-order valence-corrected chi connectivity index (χ3v) is 7.01. The summed E-state index contributed by atoms with van der Waals surface area (Å²) in [6, 6.07) is 10.4. The van der Waals surface area contributed by atoms with Gasteiger partial charge in [0.25, 0.3) is 0 Å². The van der Waals surface area contributed by atoms with E-state index in [0.29, 0.717) is 22.0 Å². The Labute approximate surface area is 228 Å². The van der Waals surface area contributed by atoms with E-state index in [2.05, 4.69) is 6.58 Å². The number of esters is 1. The van der Waals surface area contributed by atoms with Crippen LogP contribution in [0.5, 0.6) is 11.5 Å². The predicted octanol–water partition coefficient (Wildman–Crippen LogP) is 8.84. The maximum Gasteiger partial charge on any atom is 0.416 e. The molecule has 0 aliphatic carbocycles. The number of allylic oxidation sites excluding steroid dienone is 1. The van der Waals surface area contributed by atoms with E-state index in [1.54, 1.807) is 32.9 Å².